The molecule has 0 spiro atoms. The number of aromatic nitrogens is 2. The molecular formula is C48H30N2. The second kappa shape index (κ2) is 10.4. The number of para-hydroxylation sites is 3. The zero-order valence-electron chi connectivity index (χ0n) is 31.8. The van der Waals surface area contributed by atoms with Crippen molar-refractivity contribution in [1.82, 2.24) is 9.13 Å². The molecule has 0 saturated carbocycles. The Morgan fingerprint density at radius 3 is 1.26 bits per heavy atom. The Morgan fingerprint density at radius 2 is 0.720 bits per heavy atom. The van der Waals surface area contributed by atoms with Crippen molar-refractivity contribution in [2.45, 2.75) is 0 Å². The molecule has 2 aromatic heterocycles. The molecule has 2 heteroatoms. The number of nitrogens with zero attached hydrogens (tertiary/aromatic N) is 2. The van der Waals surface area contributed by atoms with Crippen LogP contribution in [0.5, 0.6) is 0 Å². The third kappa shape index (κ3) is 3.85. The van der Waals surface area contributed by atoms with E-state index in [-0.39, 0.29) is 29.9 Å². The monoisotopic (exact) mass is 639 g/mol. The number of fused-ring (bicyclic) bond motifs is 12. The fraction of sp³-hybridized carbons (Fsp3) is 0. The van der Waals surface area contributed by atoms with Crippen LogP contribution in [0.3, 0.4) is 0 Å². The highest BCUT2D eigenvalue weighted by atomic mass is 15.0. The van der Waals surface area contributed by atoms with Gasteiger partial charge in [0, 0.05) is 32.9 Å². The molecule has 11 rings (SSSR count). The highest BCUT2D eigenvalue weighted by Gasteiger charge is 2.17. The van der Waals surface area contributed by atoms with Crippen LogP contribution in [0.15, 0.2) is 182 Å². The first-order valence-electron chi connectivity index (χ1n) is 19.4. The van der Waals surface area contributed by atoms with Crippen LogP contribution in [0.2, 0.25) is 0 Å². The average Bonchev–Trinajstić information content (AvgIpc) is 3.74. The van der Waals surface area contributed by atoms with E-state index < -0.39 is 6.04 Å². The van der Waals surface area contributed by atoms with Gasteiger partial charge < -0.3 is 9.13 Å². The maximum Gasteiger partial charge on any atom is 0.0645 e. The molecule has 0 aliphatic heterocycles. The van der Waals surface area contributed by atoms with Crippen LogP contribution in [0.4, 0.5) is 0 Å². The van der Waals surface area contributed by atoms with E-state index in [1.807, 2.05) is 30.3 Å². The maximum absolute atomic E-state index is 8.76. The van der Waals surface area contributed by atoms with Crippen molar-refractivity contribution in [3.05, 3.63) is 182 Å². The second-order valence-corrected chi connectivity index (χ2v) is 13.0. The lowest BCUT2D eigenvalue weighted by atomic mass is 9.94. The van der Waals surface area contributed by atoms with E-state index >= 15 is 0 Å². The number of hydrogen-bond donors (Lipinski definition) is 0. The van der Waals surface area contributed by atoms with Crippen LogP contribution >= 0.6 is 0 Å². The van der Waals surface area contributed by atoms with Gasteiger partial charge in [-0.3, -0.25) is 0 Å². The summed E-state index contributed by atoms with van der Waals surface area (Å²) in [7, 11) is 0. The summed E-state index contributed by atoms with van der Waals surface area (Å²) in [5, 5.41) is 11.7. The Hall–Kier alpha value is -6.64. The predicted molar refractivity (Wildman–Crippen MR) is 213 cm³/mol. The summed E-state index contributed by atoms with van der Waals surface area (Å²) in [6.07, 6.45) is 0. The van der Waals surface area contributed by atoms with Crippen molar-refractivity contribution in [3.63, 3.8) is 0 Å². The summed E-state index contributed by atoms with van der Waals surface area (Å²) in [5.41, 5.74) is 7.15. The Kier molecular flexibility index (Phi) is 4.76. The van der Waals surface area contributed by atoms with E-state index in [2.05, 4.69) is 126 Å². The first kappa shape index (κ1) is 22.8. The minimum absolute atomic E-state index is 0.147. The third-order valence-corrected chi connectivity index (χ3v) is 10.4. The molecule has 0 radical (unpaired) electrons. The lowest BCUT2D eigenvalue weighted by Crippen LogP contribution is -1.94. The third-order valence-electron chi connectivity index (χ3n) is 10.4. The van der Waals surface area contributed by atoms with Gasteiger partial charge in [-0.2, -0.15) is 0 Å². The van der Waals surface area contributed by atoms with Crippen molar-refractivity contribution in [3.8, 4) is 22.5 Å². The number of rotatable bonds is 3. The molecule has 0 amide bonds. The van der Waals surface area contributed by atoms with Crippen LogP contribution in [0.25, 0.3) is 98.4 Å². The van der Waals surface area contributed by atoms with Gasteiger partial charge in [-0.1, -0.05) is 121 Å². The van der Waals surface area contributed by atoms with Gasteiger partial charge >= 0.3 is 0 Å². The van der Waals surface area contributed by atoms with Crippen molar-refractivity contribution in [2.24, 2.45) is 0 Å². The predicted octanol–water partition coefficient (Wildman–Crippen LogP) is 13.0. The molecule has 11 aromatic rings. The smallest absolute Gasteiger partial charge is 0.0645 e. The van der Waals surface area contributed by atoms with Gasteiger partial charge in [0.25, 0.3) is 0 Å². The first-order valence-corrected chi connectivity index (χ1v) is 16.9. The van der Waals surface area contributed by atoms with Gasteiger partial charge in [0.1, 0.15) is 0 Å². The lowest BCUT2D eigenvalue weighted by Gasteiger charge is -2.14. The highest BCUT2D eigenvalue weighted by Crippen LogP contribution is 2.40. The summed E-state index contributed by atoms with van der Waals surface area (Å²) in [5.74, 6) is 0. The molecule has 0 fully saturated rings. The lowest BCUT2D eigenvalue weighted by molar-refractivity contribution is 1.18. The quantitative estimate of drug-likeness (QED) is 0.170. The van der Waals surface area contributed by atoms with Gasteiger partial charge in [-0.25, -0.2) is 0 Å². The summed E-state index contributed by atoms with van der Waals surface area (Å²) in [6.45, 7) is 0. The Bertz CT molecular complexity index is 3380. The molecule has 50 heavy (non-hydrogen) atoms. The van der Waals surface area contributed by atoms with E-state index in [9.17, 15) is 0 Å². The minimum Gasteiger partial charge on any atom is -0.309 e. The summed E-state index contributed by atoms with van der Waals surface area (Å²) < 4.78 is 46.6. The maximum atomic E-state index is 8.76. The molecule has 0 unspecified atom stereocenters. The molecule has 0 aliphatic rings. The zero-order chi connectivity index (χ0) is 37.1. The Morgan fingerprint density at radius 1 is 0.300 bits per heavy atom. The van der Waals surface area contributed by atoms with Gasteiger partial charge in [-0.05, 0) is 104 Å². The fourth-order valence-corrected chi connectivity index (χ4v) is 8.21. The highest BCUT2D eigenvalue weighted by molar-refractivity contribution is 6.25. The molecule has 0 aliphatic carbocycles. The summed E-state index contributed by atoms with van der Waals surface area (Å²) in [6, 6.07) is 51.9. The van der Waals surface area contributed by atoms with Crippen LogP contribution < -0.4 is 0 Å². The number of hydrogen-bond acceptors (Lipinski definition) is 0. The van der Waals surface area contributed by atoms with Gasteiger partial charge in [-0.15, -0.1) is 0 Å². The molecule has 2 nitrogen and oxygen atoms in total. The molecule has 232 valence electrons. The normalized spacial score (nSPS) is 13.4. The zero-order valence-corrected chi connectivity index (χ0v) is 26.8. The van der Waals surface area contributed by atoms with Crippen molar-refractivity contribution in [1.29, 1.82) is 0 Å². The molecule has 9 aromatic carbocycles. The Balaban J connectivity index is 1.11. The topological polar surface area (TPSA) is 9.86 Å². The number of benzene rings is 9. The largest absolute Gasteiger partial charge is 0.309 e. The van der Waals surface area contributed by atoms with E-state index in [1.54, 1.807) is 4.57 Å². The van der Waals surface area contributed by atoms with Crippen LogP contribution in [0.1, 0.15) is 6.85 Å². The SMILES string of the molecule is [2H]c1c([2H])c([2H])c(-n2c3ccccc3c3cc(-c4ccc5c(c4)c4ccccc4n5-c4ccc5c6ccccc6c6ccccc6c5c4)ccc32)c([2H])c1[2H]. The molecule has 0 bridgehead atoms. The minimum atomic E-state index is -0.402. The molecule has 2 heterocycles. The fourth-order valence-electron chi connectivity index (χ4n) is 8.21. The van der Waals surface area contributed by atoms with Crippen LogP contribution in [-0.2, 0) is 0 Å². The summed E-state index contributed by atoms with van der Waals surface area (Å²) in [4.78, 5) is 0. The average molecular weight is 640 g/mol. The molecule has 0 saturated heterocycles. The first-order chi connectivity index (χ1) is 26.9. The van der Waals surface area contributed by atoms with Crippen molar-refractivity contribution >= 4 is 75.9 Å². The molecular weight excluding hydrogens is 605 g/mol. The Labute approximate surface area is 295 Å². The molecule has 0 N–H and O–H groups in total. The van der Waals surface area contributed by atoms with E-state index in [0.29, 0.717) is 0 Å². The molecule has 0 atom stereocenters. The summed E-state index contributed by atoms with van der Waals surface area (Å²) >= 11 is 0. The van der Waals surface area contributed by atoms with Crippen molar-refractivity contribution < 1.29 is 6.85 Å². The van der Waals surface area contributed by atoms with E-state index in [4.69, 9.17) is 6.85 Å². The van der Waals surface area contributed by atoms with Crippen molar-refractivity contribution in [2.75, 3.05) is 0 Å². The van der Waals surface area contributed by atoms with Crippen LogP contribution in [0, 0.1) is 0 Å². The second-order valence-electron chi connectivity index (χ2n) is 13.0. The van der Waals surface area contributed by atoms with Gasteiger partial charge in [0.2, 0.25) is 0 Å². The van der Waals surface area contributed by atoms with E-state index in [0.717, 1.165) is 55.0 Å². The van der Waals surface area contributed by atoms with Crippen LogP contribution in [-0.4, -0.2) is 9.13 Å². The standard InChI is InChI=1S/C48H30N2/c1-2-12-33(13-3-1)49-45-20-10-8-18-40(45)43-28-31(22-26-47(43)49)32-23-27-48-44(29-32)41-19-9-11-21-46(41)50(48)34-24-25-39-37-16-5-4-14-35(37)36-15-6-7-17-38(36)42(39)30-34/h1-30H/i1D,2D,3D,12D,13D. The van der Waals surface area contributed by atoms with Gasteiger partial charge in [0.15, 0.2) is 0 Å². The van der Waals surface area contributed by atoms with E-state index in [1.165, 1.54) is 37.7 Å². The van der Waals surface area contributed by atoms with Gasteiger partial charge in [0.05, 0.1) is 28.9 Å².